The number of rotatable bonds is 2. The van der Waals surface area contributed by atoms with E-state index in [1.54, 1.807) is 16.7 Å². The van der Waals surface area contributed by atoms with E-state index in [0.29, 0.717) is 23.8 Å². The van der Waals surface area contributed by atoms with Crippen molar-refractivity contribution in [2.45, 2.75) is 65.5 Å². The zero-order valence-corrected chi connectivity index (χ0v) is 15.0. The van der Waals surface area contributed by atoms with Gasteiger partial charge >= 0.3 is 0 Å². The minimum atomic E-state index is -0.233. The van der Waals surface area contributed by atoms with Gasteiger partial charge in [-0.3, -0.25) is 9.59 Å². The summed E-state index contributed by atoms with van der Waals surface area (Å²) in [5.41, 5.74) is 0.573. The Hall–Kier alpha value is -0.710. The van der Waals surface area contributed by atoms with Crippen molar-refractivity contribution < 1.29 is 9.59 Å². The molecule has 3 atom stereocenters. The highest BCUT2D eigenvalue weighted by atomic mass is 32.2. The van der Waals surface area contributed by atoms with E-state index in [2.05, 4.69) is 25.7 Å². The number of thioether (sulfide) groups is 1. The average Bonchev–Trinajstić information content (AvgIpc) is 2.98. The first kappa shape index (κ1) is 16.2. The molecule has 0 spiro atoms. The van der Waals surface area contributed by atoms with Crippen molar-refractivity contribution in [3.63, 3.8) is 0 Å². The van der Waals surface area contributed by atoms with Crippen LogP contribution in [-0.4, -0.2) is 51.9 Å². The molecule has 2 amide bonds. The number of carbonyl (C=O) groups excluding carboxylic acids is 2. The molecular formula is C17H28N2O2S. The van der Waals surface area contributed by atoms with Crippen LogP contribution in [0.2, 0.25) is 0 Å². The smallest absolute Gasteiger partial charge is 0.246 e. The normalized spacial score (nSPS) is 36.7. The van der Waals surface area contributed by atoms with Crippen LogP contribution in [0.1, 0.15) is 53.4 Å². The summed E-state index contributed by atoms with van der Waals surface area (Å²) in [4.78, 5) is 29.1. The van der Waals surface area contributed by atoms with Crippen LogP contribution in [0.4, 0.5) is 0 Å². The maximum atomic E-state index is 13.1. The number of likely N-dealkylation sites (tertiary alicyclic amines) is 1. The van der Waals surface area contributed by atoms with E-state index in [-0.39, 0.29) is 23.3 Å². The lowest BCUT2D eigenvalue weighted by atomic mass is 9.65. The fourth-order valence-electron chi connectivity index (χ4n) is 5.01. The maximum Gasteiger partial charge on any atom is 0.246 e. The van der Waals surface area contributed by atoms with E-state index in [1.165, 1.54) is 6.42 Å². The summed E-state index contributed by atoms with van der Waals surface area (Å²) in [7, 11) is 0. The van der Waals surface area contributed by atoms with Crippen LogP contribution in [0.3, 0.4) is 0 Å². The Morgan fingerprint density at radius 2 is 1.91 bits per heavy atom. The molecule has 124 valence electrons. The molecule has 2 saturated heterocycles. The molecule has 4 nitrogen and oxygen atoms in total. The van der Waals surface area contributed by atoms with E-state index in [4.69, 9.17) is 0 Å². The van der Waals surface area contributed by atoms with E-state index >= 15 is 0 Å². The second-order valence-electron chi connectivity index (χ2n) is 8.41. The van der Waals surface area contributed by atoms with Gasteiger partial charge < -0.3 is 9.80 Å². The van der Waals surface area contributed by atoms with E-state index < -0.39 is 0 Å². The van der Waals surface area contributed by atoms with Crippen molar-refractivity contribution in [1.82, 2.24) is 9.80 Å². The van der Waals surface area contributed by atoms with Crippen LogP contribution in [0.25, 0.3) is 0 Å². The van der Waals surface area contributed by atoms with Gasteiger partial charge in [0.15, 0.2) is 0 Å². The summed E-state index contributed by atoms with van der Waals surface area (Å²) in [5.74, 6) is 1.73. The number of nitrogens with zero attached hydrogens (tertiary/aromatic N) is 2. The number of fused-ring (bicyclic) bond motifs is 2. The first-order chi connectivity index (χ1) is 10.2. The van der Waals surface area contributed by atoms with Gasteiger partial charge in [-0.25, -0.2) is 0 Å². The third-order valence-electron chi connectivity index (χ3n) is 5.49. The molecule has 0 aromatic heterocycles. The maximum absolute atomic E-state index is 13.1. The van der Waals surface area contributed by atoms with Crippen LogP contribution in [-0.2, 0) is 9.59 Å². The first-order valence-corrected chi connectivity index (χ1v) is 9.58. The summed E-state index contributed by atoms with van der Waals surface area (Å²) >= 11 is 1.70. The zero-order chi connectivity index (χ0) is 16.1. The largest absolute Gasteiger partial charge is 0.337 e. The van der Waals surface area contributed by atoms with Gasteiger partial charge in [-0.1, -0.05) is 27.7 Å². The van der Waals surface area contributed by atoms with Crippen molar-refractivity contribution in [2.75, 3.05) is 18.2 Å². The van der Waals surface area contributed by atoms with Crippen LogP contribution in [0.15, 0.2) is 0 Å². The monoisotopic (exact) mass is 324 g/mol. The van der Waals surface area contributed by atoms with Gasteiger partial charge in [0.2, 0.25) is 11.8 Å². The minimum Gasteiger partial charge on any atom is -0.337 e. The summed E-state index contributed by atoms with van der Waals surface area (Å²) < 4.78 is 0. The Labute approximate surface area is 138 Å². The van der Waals surface area contributed by atoms with Gasteiger partial charge in [0.1, 0.15) is 6.04 Å². The third-order valence-corrected chi connectivity index (χ3v) is 6.50. The van der Waals surface area contributed by atoms with Crippen molar-refractivity contribution in [3.05, 3.63) is 0 Å². The Kier molecular flexibility index (Phi) is 3.99. The fraction of sp³-hybridized carbons (Fsp3) is 0.882. The fourth-order valence-corrected chi connectivity index (χ4v) is 6.18. The summed E-state index contributed by atoms with van der Waals surface area (Å²) in [5, 5.41) is 0. The van der Waals surface area contributed by atoms with Gasteiger partial charge in [-0.05, 0) is 30.1 Å². The molecule has 3 rings (SSSR count). The first-order valence-electron chi connectivity index (χ1n) is 8.42. The lowest BCUT2D eigenvalue weighted by Gasteiger charge is -2.39. The van der Waals surface area contributed by atoms with Crippen molar-refractivity contribution in [1.29, 1.82) is 0 Å². The lowest BCUT2D eigenvalue weighted by Crippen LogP contribution is -2.50. The topological polar surface area (TPSA) is 40.6 Å². The van der Waals surface area contributed by atoms with Crippen LogP contribution in [0.5, 0.6) is 0 Å². The number of carbonyl (C=O) groups is 2. The highest BCUT2D eigenvalue weighted by Gasteiger charge is 2.52. The predicted molar refractivity (Wildman–Crippen MR) is 89.5 cm³/mol. The predicted octanol–water partition coefficient (Wildman–Crippen LogP) is 2.73. The summed E-state index contributed by atoms with van der Waals surface area (Å²) in [6.45, 7) is 9.72. The van der Waals surface area contributed by atoms with Crippen LogP contribution in [0, 0.1) is 10.8 Å². The van der Waals surface area contributed by atoms with E-state index in [0.717, 1.165) is 25.1 Å². The molecule has 0 aromatic carbocycles. The molecule has 0 N–H and O–H groups in total. The molecular weight excluding hydrogens is 296 g/mol. The van der Waals surface area contributed by atoms with Gasteiger partial charge in [0.25, 0.3) is 0 Å². The SMILES string of the molecule is CCC(=O)N1CSCC1C(=O)N1CC2(C)CC1CC(C)(C)C2. The highest BCUT2D eigenvalue weighted by molar-refractivity contribution is 7.99. The molecule has 1 saturated carbocycles. The van der Waals surface area contributed by atoms with Gasteiger partial charge in [-0.15, -0.1) is 11.8 Å². The third kappa shape index (κ3) is 2.77. The lowest BCUT2D eigenvalue weighted by molar-refractivity contribution is -0.144. The summed E-state index contributed by atoms with van der Waals surface area (Å²) in [6.07, 6.45) is 3.90. The van der Waals surface area contributed by atoms with Gasteiger partial charge in [-0.2, -0.15) is 0 Å². The number of hydrogen-bond acceptors (Lipinski definition) is 3. The molecule has 2 heterocycles. The highest BCUT2D eigenvalue weighted by Crippen LogP contribution is 2.52. The van der Waals surface area contributed by atoms with Crippen molar-refractivity contribution in [2.24, 2.45) is 10.8 Å². The standard InChI is InChI=1S/C17H28N2O2S/c1-5-14(20)19-11-22-8-13(19)15(21)18-10-17(4)7-12(18)6-16(2,3)9-17/h12-13H,5-11H2,1-4H3. The Morgan fingerprint density at radius 3 is 2.59 bits per heavy atom. The van der Waals surface area contributed by atoms with Gasteiger partial charge in [0.05, 0.1) is 5.88 Å². The molecule has 3 aliphatic rings. The molecule has 3 fully saturated rings. The van der Waals surface area contributed by atoms with E-state index in [9.17, 15) is 9.59 Å². The number of amides is 2. The van der Waals surface area contributed by atoms with Crippen molar-refractivity contribution >= 4 is 23.6 Å². The minimum absolute atomic E-state index is 0.108. The second-order valence-corrected chi connectivity index (χ2v) is 9.41. The Bertz CT molecular complexity index is 493. The molecule has 2 aliphatic heterocycles. The molecule has 5 heteroatoms. The molecule has 22 heavy (non-hydrogen) atoms. The zero-order valence-electron chi connectivity index (χ0n) is 14.2. The Balaban J connectivity index is 1.77. The molecule has 0 radical (unpaired) electrons. The quantitative estimate of drug-likeness (QED) is 0.784. The van der Waals surface area contributed by atoms with Gasteiger partial charge in [0, 0.05) is 24.8 Å². The molecule has 0 aromatic rings. The molecule has 2 bridgehead atoms. The Morgan fingerprint density at radius 1 is 1.18 bits per heavy atom. The van der Waals surface area contributed by atoms with Crippen LogP contribution < -0.4 is 0 Å². The number of hydrogen-bond donors (Lipinski definition) is 0. The average molecular weight is 324 g/mol. The second kappa shape index (κ2) is 5.43. The van der Waals surface area contributed by atoms with E-state index in [1.807, 2.05) is 6.92 Å². The molecule has 1 aliphatic carbocycles. The molecule has 3 unspecified atom stereocenters. The van der Waals surface area contributed by atoms with Crippen LogP contribution >= 0.6 is 11.8 Å². The summed E-state index contributed by atoms with van der Waals surface area (Å²) in [6, 6.07) is 0.133. The van der Waals surface area contributed by atoms with Crippen molar-refractivity contribution in [3.8, 4) is 0 Å².